The molecule has 1 N–H and O–H groups in total. The van der Waals surface area contributed by atoms with Crippen molar-refractivity contribution in [1.82, 2.24) is 15.2 Å². The minimum atomic E-state index is -3.15. The third-order valence-electron chi connectivity index (χ3n) is 5.60. The molecule has 2 heterocycles. The molecular formula is C23H29F2N3O3. The van der Waals surface area contributed by atoms with Crippen LogP contribution < -0.4 is 5.32 Å². The van der Waals surface area contributed by atoms with Crippen LogP contribution in [-0.4, -0.2) is 47.0 Å². The molecule has 2 amide bonds. The lowest BCUT2D eigenvalue weighted by Gasteiger charge is -2.30. The van der Waals surface area contributed by atoms with E-state index in [0.717, 1.165) is 22.1 Å². The molecule has 1 aromatic heterocycles. The second kappa shape index (κ2) is 9.16. The number of pyridine rings is 1. The van der Waals surface area contributed by atoms with Crippen LogP contribution in [0.4, 0.5) is 13.6 Å². The number of rotatable bonds is 7. The lowest BCUT2D eigenvalue weighted by Crippen LogP contribution is -2.49. The van der Waals surface area contributed by atoms with E-state index in [0.29, 0.717) is 12.1 Å². The Kier molecular flexibility index (Phi) is 6.77. The predicted molar refractivity (Wildman–Crippen MR) is 114 cm³/mol. The van der Waals surface area contributed by atoms with E-state index in [1.165, 1.54) is 0 Å². The summed E-state index contributed by atoms with van der Waals surface area (Å²) in [6.07, 6.45) is 1.36. The SMILES string of the molecule is CCCCOC(=O)N1CCC(F)(F)C1CC(=O)NC(C)(C)c1nccc2ccccc12. The molecule has 1 unspecified atom stereocenters. The van der Waals surface area contributed by atoms with E-state index in [-0.39, 0.29) is 13.2 Å². The number of nitrogens with one attached hydrogen (secondary N) is 1. The summed E-state index contributed by atoms with van der Waals surface area (Å²) in [5, 5.41) is 4.68. The van der Waals surface area contributed by atoms with Crippen LogP contribution in [0.2, 0.25) is 0 Å². The van der Waals surface area contributed by atoms with E-state index in [1.807, 2.05) is 37.3 Å². The Labute approximate surface area is 181 Å². The van der Waals surface area contributed by atoms with Crippen molar-refractivity contribution in [2.75, 3.05) is 13.2 Å². The van der Waals surface area contributed by atoms with E-state index in [1.54, 1.807) is 20.0 Å². The maximum Gasteiger partial charge on any atom is 0.410 e. The Morgan fingerprint density at radius 3 is 2.77 bits per heavy atom. The Hall–Kier alpha value is -2.77. The van der Waals surface area contributed by atoms with Crippen molar-refractivity contribution < 1.29 is 23.1 Å². The van der Waals surface area contributed by atoms with Crippen molar-refractivity contribution in [2.24, 2.45) is 0 Å². The van der Waals surface area contributed by atoms with Gasteiger partial charge in [-0.1, -0.05) is 37.6 Å². The first-order valence-corrected chi connectivity index (χ1v) is 10.6. The molecule has 2 aromatic rings. The van der Waals surface area contributed by atoms with Crippen LogP contribution in [0, 0.1) is 0 Å². The molecule has 1 atom stereocenters. The first-order chi connectivity index (χ1) is 14.7. The summed E-state index contributed by atoms with van der Waals surface area (Å²) < 4.78 is 34.1. The highest BCUT2D eigenvalue weighted by Crippen LogP contribution is 2.36. The molecule has 8 heteroatoms. The molecule has 1 aliphatic heterocycles. The fourth-order valence-electron chi connectivity index (χ4n) is 3.94. The summed E-state index contributed by atoms with van der Waals surface area (Å²) in [6.45, 7) is 5.55. The Morgan fingerprint density at radius 2 is 2.03 bits per heavy atom. The van der Waals surface area contributed by atoms with Crippen LogP contribution in [0.5, 0.6) is 0 Å². The van der Waals surface area contributed by atoms with Crippen LogP contribution in [0.1, 0.15) is 52.1 Å². The number of alkyl halides is 2. The lowest BCUT2D eigenvalue weighted by atomic mass is 9.94. The topological polar surface area (TPSA) is 71.5 Å². The fraction of sp³-hybridized carbons (Fsp3) is 0.522. The molecule has 168 valence electrons. The van der Waals surface area contributed by atoms with E-state index in [4.69, 9.17) is 4.74 Å². The monoisotopic (exact) mass is 433 g/mol. The average Bonchev–Trinajstić information content (AvgIpc) is 3.01. The van der Waals surface area contributed by atoms with Gasteiger partial charge in [-0.05, 0) is 31.7 Å². The number of carbonyl (C=O) groups is 2. The minimum Gasteiger partial charge on any atom is -0.449 e. The molecule has 0 aliphatic carbocycles. The summed E-state index contributed by atoms with van der Waals surface area (Å²) >= 11 is 0. The van der Waals surface area contributed by atoms with Crippen LogP contribution in [0.25, 0.3) is 10.8 Å². The highest BCUT2D eigenvalue weighted by atomic mass is 19.3. The number of amides is 2. The molecule has 0 saturated carbocycles. The van der Waals surface area contributed by atoms with Crippen LogP contribution in [-0.2, 0) is 15.1 Å². The second-order valence-electron chi connectivity index (χ2n) is 8.45. The zero-order chi connectivity index (χ0) is 22.6. The Bertz CT molecular complexity index is 943. The van der Waals surface area contributed by atoms with E-state index < -0.39 is 42.3 Å². The molecule has 0 bridgehead atoms. The largest absolute Gasteiger partial charge is 0.449 e. The van der Waals surface area contributed by atoms with Gasteiger partial charge in [0.05, 0.1) is 24.3 Å². The van der Waals surface area contributed by atoms with Gasteiger partial charge in [0.1, 0.15) is 6.04 Å². The van der Waals surface area contributed by atoms with E-state index in [9.17, 15) is 18.4 Å². The zero-order valence-corrected chi connectivity index (χ0v) is 18.2. The van der Waals surface area contributed by atoms with Gasteiger partial charge in [-0.2, -0.15) is 0 Å². The molecule has 1 aliphatic rings. The number of hydrogen-bond donors (Lipinski definition) is 1. The first kappa shape index (κ1) is 22.9. The van der Waals surface area contributed by atoms with Gasteiger partial charge in [0.2, 0.25) is 5.91 Å². The molecule has 1 saturated heterocycles. The molecule has 0 spiro atoms. The van der Waals surface area contributed by atoms with Gasteiger partial charge in [-0.15, -0.1) is 0 Å². The van der Waals surface area contributed by atoms with Crippen molar-refractivity contribution in [2.45, 2.75) is 64.0 Å². The van der Waals surface area contributed by atoms with Gasteiger partial charge >= 0.3 is 6.09 Å². The first-order valence-electron chi connectivity index (χ1n) is 10.6. The summed E-state index contributed by atoms with van der Waals surface area (Å²) in [7, 11) is 0. The van der Waals surface area contributed by atoms with Crippen molar-refractivity contribution in [3.63, 3.8) is 0 Å². The number of fused-ring (bicyclic) bond motifs is 1. The number of halogens is 2. The van der Waals surface area contributed by atoms with Gasteiger partial charge < -0.3 is 10.1 Å². The van der Waals surface area contributed by atoms with Gasteiger partial charge in [-0.3, -0.25) is 14.7 Å². The smallest absolute Gasteiger partial charge is 0.410 e. The molecule has 0 radical (unpaired) electrons. The summed E-state index contributed by atoms with van der Waals surface area (Å²) in [5.74, 6) is -3.72. The Balaban J connectivity index is 1.73. The van der Waals surface area contributed by atoms with E-state index in [2.05, 4.69) is 10.3 Å². The van der Waals surface area contributed by atoms with Gasteiger partial charge in [0.25, 0.3) is 5.92 Å². The molecule has 3 rings (SSSR count). The predicted octanol–water partition coefficient (Wildman–Crippen LogP) is 4.62. The average molecular weight is 433 g/mol. The highest BCUT2D eigenvalue weighted by Gasteiger charge is 2.52. The lowest BCUT2D eigenvalue weighted by molar-refractivity contribution is -0.126. The number of benzene rings is 1. The standard InChI is InChI=1S/C23H29F2N3O3/c1-4-5-14-31-21(30)28-13-11-23(24,25)18(28)15-19(29)27-22(2,3)20-17-9-7-6-8-16(17)10-12-26-20/h6-10,12,18H,4-5,11,13-15H2,1-3H3,(H,27,29). The number of likely N-dealkylation sites (tertiary alicyclic amines) is 1. The third-order valence-corrected chi connectivity index (χ3v) is 5.60. The molecule has 1 fully saturated rings. The van der Waals surface area contributed by atoms with E-state index >= 15 is 0 Å². The quantitative estimate of drug-likeness (QED) is 0.647. The maximum atomic E-state index is 14.5. The van der Waals surface area contributed by atoms with Crippen LogP contribution in [0.3, 0.4) is 0 Å². The minimum absolute atomic E-state index is 0.135. The molecule has 31 heavy (non-hydrogen) atoms. The molecule has 1 aromatic carbocycles. The number of hydrogen-bond acceptors (Lipinski definition) is 4. The summed E-state index contributed by atoms with van der Waals surface area (Å²) in [6, 6.07) is 7.99. The van der Waals surface area contributed by atoms with Crippen LogP contribution >= 0.6 is 0 Å². The molecular weight excluding hydrogens is 404 g/mol. The number of ether oxygens (including phenoxy) is 1. The normalized spacial score (nSPS) is 18.2. The number of carbonyl (C=O) groups excluding carboxylic acids is 2. The number of unbranched alkanes of at least 4 members (excludes halogenated alkanes) is 1. The van der Waals surface area contributed by atoms with Crippen molar-refractivity contribution in [1.29, 1.82) is 0 Å². The summed E-state index contributed by atoms with van der Waals surface area (Å²) in [4.78, 5) is 30.5. The van der Waals surface area contributed by atoms with Crippen molar-refractivity contribution >= 4 is 22.8 Å². The Morgan fingerprint density at radius 1 is 1.29 bits per heavy atom. The third kappa shape index (κ3) is 5.11. The van der Waals surface area contributed by atoms with Crippen molar-refractivity contribution in [3.05, 3.63) is 42.2 Å². The second-order valence-corrected chi connectivity index (χ2v) is 8.45. The maximum absolute atomic E-state index is 14.5. The van der Waals surface area contributed by atoms with Crippen molar-refractivity contribution in [3.8, 4) is 0 Å². The van der Waals surface area contributed by atoms with Gasteiger partial charge in [0, 0.05) is 24.5 Å². The van der Waals surface area contributed by atoms with Gasteiger partial charge in [0.15, 0.2) is 0 Å². The van der Waals surface area contributed by atoms with Crippen LogP contribution in [0.15, 0.2) is 36.5 Å². The highest BCUT2D eigenvalue weighted by molar-refractivity contribution is 5.86. The zero-order valence-electron chi connectivity index (χ0n) is 18.2. The number of aromatic nitrogens is 1. The molecule has 6 nitrogen and oxygen atoms in total. The summed E-state index contributed by atoms with van der Waals surface area (Å²) in [5.41, 5.74) is -0.244. The number of nitrogens with zero attached hydrogens (tertiary/aromatic N) is 2. The fourth-order valence-corrected chi connectivity index (χ4v) is 3.94. The van der Waals surface area contributed by atoms with Gasteiger partial charge in [-0.25, -0.2) is 13.6 Å².